The molecule has 1 saturated carbocycles. The molecule has 0 amide bonds. The molecule has 1 aliphatic carbocycles. The highest BCUT2D eigenvalue weighted by atomic mass is 15.2. The third kappa shape index (κ3) is 1.96. The normalized spacial score (nSPS) is 27.7. The van der Waals surface area contributed by atoms with Gasteiger partial charge >= 0.3 is 0 Å². The van der Waals surface area contributed by atoms with E-state index in [-0.39, 0.29) is 0 Å². The van der Waals surface area contributed by atoms with Gasteiger partial charge in [0.2, 0.25) is 0 Å². The Hall–Kier alpha value is -1.67. The first-order chi connectivity index (χ1) is 9.30. The molecule has 5 heteroatoms. The van der Waals surface area contributed by atoms with Crippen LogP contribution in [0.5, 0.6) is 0 Å². The van der Waals surface area contributed by atoms with Gasteiger partial charge in [-0.2, -0.15) is 10.4 Å². The lowest BCUT2D eigenvalue weighted by Gasteiger charge is -2.13. The predicted molar refractivity (Wildman–Crippen MR) is 72.8 cm³/mol. The number of aryl methyl sites for hydroxylation is 1. The fourth-order valence-electron chi connectivity index (χ4n) is 3.18. The van der Waals surface area contributed by atoms with Gasteiger partial charge in [0.15, 0.2) is 5.82 Å². The van der Waals surface area contributed by atoms with Gasteiger partial charge in [-0.25, -0.2) is 0 Å². The lowest BCUT2D eigenvalue weighted by atomic mass is 10.0. The van der Waals surface area contributed by atoms with E-state index in [1.807, 2.05) is 6.92 Å². The van der Waals surface area contributed by atoms with Crippen molar-refractivity contribution >= 4 is 5.82 Å². The Morgan fingerprint density at radius 3 is 2.58 bits per heavy atom. The minimum Gasteiger partial charge on any atom is -0.364 e. The van der Waals surface area contributed by atoms with Gasteiger partial charge in [0.05, 0.1) is 5.69 Å². The third-order valence-corrected chi connectivity index (χ3v) is 4.35. The minimum atomic E-state index is 0.472. The zero-order valence-corrected chi connectivity index (χ0v) is 11.4. The summed E-state index contributed by atoms with van der Waals surface area (Å²) in [6.45, 7) is 6.27. The lowest BCUT2D eigenvalue weighted by Crippen LogP contribution is -2.22. The molecule has 1 aromatic heterocycles. The molecular formula is C14H19N5. The van der Waals surface area contributed by atoms with Crippen LogP contribution in [0, 0.1) is 23.2 Å². The van der Waals surface area contributed by atoms with Gasteiger partial charge in [0.1, 0.15) is 11.6 Å². The monoisotopic (exact) mass is 257 g/mol. The van der Waals surface area contributed by atoms with Crippen molar-refractivity contribution < 1.29 is 0 Å². The van der Waals surface area contributed by atoms with E-state index < -0.39 is 0 Å². The highest BCUT2D eigenvalue weighted by molar-refractivity contribution is 5.57. The van der Waals surface area contributed by atoms with E-state index in [0.717, 1.165) is 37.2 Å². The van der Waals surface area contributed by atoms with Crippen LogP contribution in [0.3, 0.4) is 0 Å². The zero-order valence-electron chi connectivity index (χ0n) is 11.4. The first-order valence-electron chi connectivity index (χ1n) is 7.05. The fourth-order valence-corrected chi connectivity index (χ4v) is 3.18. The van der Waals surface area contributed by atoms with Crippen molar-refractivity contribution in [3.05, 3.63) is 16.8 Å². The molecule has 3 rings (SSSR count). The molecule has 2 aliphatic rings. The van der Waals surface area contributed by atoms with Crippen LogP contribution in [0.2, 0.25) is 0 Å². The number of aromatic nitrogens is 2. The van der Waals surface area contributed by atoms with Crippen molar-refractivity contribution in [2.45, 2.75) is 32.7 Å². The van der Waals surface area contributed by atoms with E-state index in [4.69, 9.17) is 0 Å². The molecular weight excluding hydrogens is 238 g/mol. The van der Waals surface area contributed by atoms with E-state index in [0.29, 0.717) is 29.3 Å². The molecule has 0 aromatic carbocycles. The summed E-state index contributed by atoms with van der Waals surface area (Å²) >= 11 is 0. The molecule has 2 atom stereocenters. The lowest BCUT2D eigenvalue weighted by molar-refractivity contribution is 0.693. The number of hydrogen-bond acceptors (Lipinski definition) is 5. The third-order valence-electron chi connectivity index (χ3n) is 4.35. The summed E-state index contributed by atoms with van der Waals surface area (Å²) < 4.78 is 0. The highest BCUT2D eigenvalue weighted by Gasteiger charge is 2.53. The van der Waals surface area contributed by atoms with Crippen molar-refractivity contribution in [1.82, 2.24) is 15.5 Å². The largest absolute Gasteiger partial charge is 0.364 e. The predicted octanol–water partition coefficient (Wildman–Crippen LogP) is 1.10. The summed E-state index contributed by atoms with van der Waals surface area (Å²) in [5.74, 6) is 2.07. The number of nitrogens with one attached hydrogen (secondary N) is 2. The Balaban J connectivity index is 1.87. The van der Waals surface area contributed by atoms with Crippen LogP contribution in [0.15, 0.2) is 0 Å². The van der Waals surface area contributed by atoms with Gasteiger partial charge < -0.3 is 10.6 Å². The number of rotatable bonds is 4. The molecule has 1 aromatic rings. The smallest absolute Gasteiger partial charge is 0.167 e. The quantitative estimate of drug-likeness (QED) is 0.845. The molecule has 0 radical (unpaired) electrons. The second-order valence-electron chi connectivity index (χ2n) is 5.32. The summed E-state index contributed by atoms with van der Waals surface area (Å²) in [5.41, 5.74) is 2.68. The maximum Gasteiger partial charge on any atom is 0.167 e. The Labute approximate surface area is 113 Å². The maximum absolute atomic E-state index is 9.42. The van der Waals surface area contributed by atoms with Gasteiger partial charge in [-0.15, -0.1) is 5.10 Å². The molecule has 2 unspecified atom stereocenters. The van der Waals surface area contributed by atoms with Crippen LogP contribution < -0.4 is 10.6 Å². The summed E-state index contributed by atoms with van der Waals surface area (Å²) in [7, 11) is 0. The standard InChI is InChI=1S/C14H19N5/c1-3-8-9(5-15)14(19-18-12(8)4-2)17-13-10-6-16-7-11(10)13/h10-11,13,16H,3-4,6-7H2,1-2H3,(H,17,19). The number of anilines is 1. The van der Waals surface area contributed by atoms with Crippen molar-refractivity contribution in [2.75, 3.05) is 18.4 Å². The number of nitriles is 1. The SMILES string of the molecule is CCc1nnc(NC2C3CNCC32)c(C#N)c1CC. The summed E-state index contributed by atoms with van der Waals surface area (Å²) in [6, 6.07) is 2.78. The van der Waals surface area contributed by atoms with Crippen LogP contribution in [0.25, 0.3) is 0 Å². The number of hydrogen-bond donors (Lipinski definition) is 2. The van der Waals surface area contributed by atoms with Crippen molar-refractivity contribution in [2.24, 2.45) is 11.8 Å². The maximum atomic E-state index is 9.42. The molecule has 0 spiro atoms. The van der Waals surface area contributed by atoms with E-state index in [1.54, 1.807) is 0 Å². The van der Waals surface area contributed by atoms with Crippen molar-refractivity contribution in [3.8, 4) is 6.07 Å². The van der Waals surface area contributed by atoms with E-state index in [1.165, 1.54) is 0 Å². The zero-order chi connectivity index (χ0) is 13.4. The van der Waals surface area contributed by atoms with Gasteiger partial charge in [0, 0.05) is 19.1 Å². The summed E-state index contributed by atoms with van der Waals surface area (Å²) in [4.78, 5) is 0. The van der Waals surface area contributed by atoms with Gasteiger partial charge in [-0.1, -0.05) is 13.8 Å². The highest BCUT2D eigenvalue weighted by Crippen LogP contribution is 2.43. The molecule has 1 saturated heterocycles. The Morgan fingerprint density at radius 2 is 2.00 bits per heavy atom. The summed E-state index contributed by atoms with van der Waals surface area (Å²) in [6.07, 6.45) is 1.65. The van der Waals surface area contributed by atoms with Crippen molar-refractivity contribution in [1.29, 1.82) is 5.26 Å². The van der Waals surface area contributed by atoms with Gasteiger partial charge in [-0.05, 0) is 30.2 Å². The van der Waals surface area contributed by atoms with Crippen LogP contribution >= 0.6 is 0 Å². The topological polar surface area (TPSA) is 73.6 Å². The van der Waals surface area contributed by atoms with Crippen LogP contribution in [-0.2, 0) is 12.8 Å². The van der Waals surface area contributed by atoms with E-state index >= 15 is 0 Å². The Bertz CT molecular complexity index is 523. The fraction of sp³-hybridized carbons (Fsp3) is 0.643. The molecule has 5 nitrogen and oxygen atoms in total. The van der Waals surface area contributed by atoms with Crippen LogP contribution in [0.1, 0.15) is 30.7 Å². The molecule has 2 fully saturated rings. The summed E-state index contributed by atoms with van der Waals surface area (Å²) in [5, 5.41) is 24.7. The molecule has 2 heterocycles. The first-order valence-corrected chi connectivity index (χ1v) is 7.05. The van der Waals surface area contributed by atoms with E-state index in [2.05, 4.69) is 33.8 Å². The number of piperidine rings is 1. The molecule has 2 N–H and O–H groups in total. The average Bonchev–Trinajstić information content (AvgIpc) is 2.88. The van der Waals surface area contributed by atoms with Crippen LogP contribution in [0.4, 0.5) is 5.82 Å². The second-order valence-corrected chi connectivity index (χ2v) is 5.32. The van der Waals surface area contributed by atoms with E-state index in [9.17, 15) is 5.26 Å². The molecule has 1 aliphatic heterocycles. The Morgan fingerprint density at radius 1 is 1.26 bits per heavy atom. The minimum absolute atomic E-state index is 0.472. The van der Waals surface area contributed by atoms with Crippen LogP contribution in [-0.4, -0.2) is 29.3 Å². The van der Waals surface area contributed by atoms with Gasteiger partial charge in [0.25, 0.3) is 0 Å². The number of nitrogens with zero attached hydrogens (tertiary/aromatic N) is 3. The Kier molecular flexibility index (Phi) is 3.11. The van der Waals surface area contributed by atoms with Crippen molar-refractivity contribution in [3.63, 3.8) is 0 Å². The molecule has 0 bridgehead atoms. The second kappa shape index (κ2) is 4.78. The molecule has 100 valence electrons. The molecule has 19 heavy (non-hydrogen) atoms. The van der Waals surface area contributed by atoms with Gasteiger partial charge in [-0.3, -0.25) is 0 Å². The average molecular weight is 257 g/mol. The first kappa shape index (κ1) is 12.4. The number of fused-ring (bicyclic) bond motifs is 1.